The number of amides is 2. The average molecular weight is 210 g/mol. The molecule has 0 fully saturated rings. The number of hydrogen-bond donors (Lipinski definition) is 1. The second-order valence-corrected chi connectivity index (χ2v) is 3.42. The van der Waals surface area contributed by atoms with Crippen LogP contribution in [-0.4, -0.2) is 46.2 Å². The van der Waals surface area contributed by atoms with Gasteiger partial charge in [0.2, 0.25) is 0 Å². The smallest absolute Gasteiger partial charge is 0.320 e. The first-order valence-corrected chi connectivity index (χ1v) is 5.16. The summed E-state index contributed by atoms with van der Waals surface area (Å²) in [6.07, 6.45) is 3.53. The Morgan fingerprint density at radius 2 is 2.13 bits per heavy atom. The summed E-state index contributed by atoms with van der Waals surface area (Å²) in [7, 11) is 1.80. The van der Waals surface area contributed by atoms with Crippen LogP contribution in [0.25, 0.3) is 0 Å². The summed E-state index contributed by atoms with van der Waals surface area (Å²) in [5.74, 6) is 0. The zero-order valence-corrected chi connectivity index (χ0v) is 9.53. The third-order valence-electron chi connectivity index (χ3n) is 2.34. The van der Waals surface area contributed by atoms with Gasteiger partial charge in [0.1, 0.15) is 0 Å². The van der Waals surface area contributed by atoms with Gasteiger partial charge in [-0.25, -0.2) is 4.79 Å². The molecule has 0 aliphatic carbocycles. The first-order chi connectivity index (χ1) is 7.19. The van der Waals surface area contributed by atoms with Gasteiger partial charge in [-0.15, -0.1) is 0 Å². The van der Waals surface area contributed by atoms with Crippen LogP contribution in [0.15, 0.2) is 12.4 Å². The third-order valence-corrected chi connectivity index (χ3v) is 2.34. The fourth-order valence-corrected chi connectivity index (χ4v) is 1.44. The van der Waals surface area contributed by atoms with Gasteiger partial charge in [-0.2, -0.15) is 5.10 Å². The molecular formula is C10H18N4O. The Labute approximate surface area is 90.1 Å². The fourth-order valence-electron chi connectivity index (χ4n) is 1.44. The first kappa shape index (κ1) is 11.6. The van der Waals surface area contributed by atoms with Gasteiger partial charge in [-0.05, 0) is 13.8 Å². The van der Waals surface area contributed by atoms with Crippen molar-refractivity contribution >= 4 is 6.03 Å². The number of nitrogens with zero attached hydrogens (tertiary/aromatic N) is 3. The molecule has 84 valence electrons. The largest absolute Gasteiger partial charge is 0.325 e. The fraction of sp³-hybridized carbons (Fsp3) is 0.600. The number of hydrogen-bond acceptors (Lipinski definition) is 2. The molecule has 5 nitrogen and oxygen atoms in total. The second kappa shape index (κ2) is 5.38. The molecule has 5 heteroatoms. The van der Waals surface area contributed by atoms with E-state index in [-0.39, 0.29) is 6.03 Å². The maximum absolute atomic E-state index is 11.9. The zero-order valence-electron chi connectivity index (χ0n) is 9.53. The number of carbonyl (C=O) groups is 1. The van der Waals surface area contributed by atoms with Crippen molar-refractivity contribution in [2.75, 3.05) is 20.1 Å². The summed E-state index contributed by atoms with van der Waals surface area (Å²) in [4.78, 5) is 15.3. The molecule has 0 radical (unpaired) electrons. The van der Waals surface area contributed by atoms with Crippen LogP contribution in [0, 0.1) is 0 Å². The van der Waals surface area contributed by atoms with Gasteiger partial charge in [0.25, 0.3) is 0 Å². The van der Waals surface area contributed by atoms with E-state index >= 15 is 0 Å². The maximum Gasteiger partial charge on any atom is 0.320 e. The number of nitrogens with one attached hydrogen (secondary N) is 1. The van der Waals surface area contributed by atoms with Crippen molar-refractivity contribution in [2.45, 2.75) is 20.4 Å². The highest BCUT2D eigenvalue weighted by Gasteiger charge is 2.14. The third kappa shape index (κ3) is 2.97. The van der Waals surface area contributed by atoms with Crippen LogP contribution in [0.2, 0.25) is 0 Å². The standard InChI is InChI=1S/C10H18N4O/c1-4-14(5-2)10(15)13(3)8-9-6-11-12-7-9/h6-7H,4-5,8H2,1-3H3,(H,11,12). The number of urea groups is 1. The summed E-state index contributed by atoms with van der Waals surface area (Å²) >= 11 is 0. The van der Waals surface area contributed by atoms with Crippen LogP contribution in [0.4, 0.5) is 4.79 Å². The molecule has 1 aromatic rings. The molecule has 0 atom stereocenters. The van der Waals surface area contributed by atoms with Crippen molar-refractivity contribution in [1.29, 1.82) is 0 Å². The molecule has 0 aliphatic rings. The SMILES string of the molecule is CCN(CC)C(=O)N(C)Cc1cn[nH]c1. The normalized spacial score (nSPS) is 10.1. The van der Waals surface area contributed by atoms with E-state index in [2.05, 4.69) is 10.2 Å². The van der Waals surface area contributed by atoms with Crippen LogP contribution in [0.3, 0.4) is 0 Å². The molecule has 1 heterocycles. The molecule has 0 bridgehead atoms. The Morgan fingerprint density at radius 1 is 1.47 bits per heavy atom. The lowest BCUT2D eigenvalue weighted by Crippen LogP contribution is -2.40. The zero-order chi connectivity index (χ0) is 11.3. The molecule has 0 unspecified atom stereocenters. The second-order valence-electron chi connectivity index (χ2n) is 3.42. The number of aromatic amines is 1. The lowest BCUT2D eigenvalue weighted by molar-refractivity contribution is 0.165. The van der Waals surface area contributed by atoms with Crippen molar-refractivity contribution < 1.29 is 4.79 Å². The first-order valence-electron chi connectivity index (χ1n) is 5.16. The molecule has 0 aromatic carbocycles. The molecule has 15 heavy (non-hydrogen) atoms. The van der Waals surface area contributed by atoms with Crippen molar-refractivity contribution in [3.8, 4) is 0 Å². The van der Waals surface area contributed by atoms with Crippen LogP contribution in [0.5, 0.6) is 0 Å². The Bertz CT molecular complexity index is 292. The van der Waals surface area contributed by atoms with E-state index in [1.807, 2.05) is 13.8 Å². The van der Waals surface area contributed by atoms with E-state index in [1.54, 1.807) is 29.2 Å². The van der Waals surface area contributed by atoms with Crippen molar-refractivity contribution in [3.63, 3.8) is 0 Å². The quantitative estimate of drug-likeness (QED) is 0.814. The summed E-state index contributed by atoms with van der Waals surface area (Å²) in [5.41, 5.74) is 1.01. The topological polar surface area (TPSA) is 52.2 Å². The molecule has 1 rings (SSSR count). The Kier molecular flexibility index (Phi) is 4.15. The molecule has 1 N–H and O–H groups in total. The van der Waals surface area contributed by atoms with E-state index in [0.717, 1.165) is 18.7 Å². The van der Waals surface area contributed by atoms with Gasteiger partial charge in [0, 0.05) is 31.9 Å². The number of carbonyl (C=O) groups excluding carboxylic acids is 1. The molecule has 0 saturated heterocycles. The summed E-state index contributed by atoms with van der Waals surface area (Å²) in [6.45, 7) is 6.03. The molecule has 0 saturated carbocycles. The van der Waals surface area contributed by atoms with E-state index in [9.17, 15) is 4.79 Å². The van der Waals surface area contributed by atoms with Gasteiger partial charge in [-0.3, -0.25) is 5.10 Å². The number of rotatable bonds is 4. The van der Waals surface area contributed by atoms with Crippen LogP contribution in [0.1, 0.15) is 19.4 Å². The monoisotopic (exact) mass is 210 g/mol. The van der Waals surface area contributed by atoms with E-state index in [4.69, 9.17) is 0 Å². The minimum absolute atomic E-state index is 0.0567. The molecule has 2 amide bonds. The van der Waals surface area contributed by atoms with Crippen molar-refractivity contribution in [1.82, 2.24) is 20.0 Å². The predicted molar refractivity (Wildman–Crippen MR) is 58.4 cm³/mol. The van der Waals surface area contributed by atoms with Crippen LogP contribution in [-0.2, 0) is 6.54 Å². The maximum atomic E-state index is 11.9. The Hall–Kier alpha value is -1.52. The van der Waals surface area contributed by atoms with E-state index in [0.29, 0.717) is 6.54 Å². The Balaban J connectivity index is 2.53. The molecule has 1 aromatic heterocycles. The highest BCUT2D eigenvalue weighted by molar-refractivity contribution is 5.74. The van der Waals surface area contributed by atoms with Crippen LogP contribution >= 0.6 is 0 Å². The molecule has 0 aliphatic heterocycles. The van der Waals surface area contributed by atoms with Gasteiger partial charge < -0.3 is 9.80 Å². The minimum atomic E-state index is 0.0567. The minimum Gasteiger partial charge on any atom is -0.325 e. The van der Waals surface area contributed by atoms with E-state index < -0.39 is 0 Å². The summed E-state index contributed by atoms with van der Waals surface area (Å²) in [6, 6.07) is 0.0567. The average Bonchev–Trinajstić information content (AvgIpc) is 2.72. The summed E-state index contributed by atoms with van der Waals surface area (Å²) < 4.78 is 0. The number of H-pyrrole nitrogens is 1. The predicted octanol–water partition coefficient (Wildman–Crippen LogP) is 1.30. The van der Waals surface area contributed by atoms with E-state index in [1.165, 1.54) is 0 Å². The lowest BCUT2D eigenvalue weighted by Gasteiger charge is -2.25. The van der Waals surface area contributed by atoms with Gasteiger partial charge in [0.05, 0.1) is 12.7 Å². The van der Waals surface area contributed by atoms with Crippen molar-refractivity contribution in [3.05, 3.63) is 18.0 Å². The molecule has 0 spiro atoms. The number of aromatic nitrogens is 2. The van der Waals surface area contributed by atoms with Crippen molar-refractivity contribution in [2.24, 2.45) is 0 Å². The van der Waals surface area contributed by atoms with Gasteiger partial charge in [0.15, 0.2) is 0 Å². The Morgan fingerprint density at radius 3 is 2.60 bits per heavy atom. The highest BCUT2D eigenvalue weighted by Crippen LogP contribution is 2.03. The highest BCUT2D eigenvalue weighted by atomic mass is 16.2. The lowest BCUT2D eigenvalue weighted by atomic mass is 10.3. The van der Waals surface area contributed by atoms with Gasteiger partial charge in [-0.1, -0.05) is 0 Å². The van der Waals surface area contributed by atoms with Crippen LogP contribution < -0.4 is 0 Å². The van der Waals surface area contributed by atoms with Gasteiger partial charge >= 0.3 is 6.03 Å². The molecular weight excluding hydrogens is 192 g/mol. The summed E-state index contributed by atoms with van der Waals surface area (Å²) in [5, 5.41) is 6.57.